The smallest absolute Gasteiger partial charge is 0.348 e. The summed E-state index contributed by atoms with van der Waals surface area (Å²) >= 11 is 0. The number of hydrogen-bond acceptors (Lipinski definition) is 6. The molecular weight excluding hydrogens is 273 g/mol. The van der Waals surface area contributed by atoms with Gasteiger partial charge in [-0.15, -0.1) is 6.58 Å². The van der Waals surface area contributed by atoms with Crippen LogP contribution in [0.25, 0.3) is 0 Å². The molecule has 2 rings (SSSR count). The van der Waals surface area contributed by atoms with E-state index in [-0.39, 0.29) is 30.5 Å². The first-order valence-electron chi connectivity index (χ1n) is 5.41. The van der Waals surface area contributed by atoms with Gasteiger partial charge >= 0.3 is 7.60 Å². The number of rotatable bonds is 4. The molecule has 1 atom stereocenters. The van der Waals surface area contributed by atoms with E-state index in [2.05, 4.69) is 21.9 Å². The third kappa shape index (κ3) is 2.48. The van der Waals surface area contributed by atoms with E-state index in [0.717, 1.165) is 0 Å². The van der Waals surface area contributed by atoms with Crippen molar-refractivity contribution in [2.45, 2.75) is 12.2 Å². The van der Waals surface area contributed by atoms with Gasteiger partial charge in [0.05, 0.1) is 6.67 Å². The summed E-state index contributed by atoms with van der Waals surface area (Å²) in [4.78, 5) is 37.9. The lowest BCUT2D eigenvalue weighted by molar-refractivity contribution is 0.355. The highest BCUT2D eigenvalue weighted by atomic mass is 31.2. The van der Waals surface area contributed by atoms with E-state index in [1.54, 1.807) is 0 Å². The molecule has 104 valence electrons. The van der Waals surface area contributed by atoms with Crippen LogP contribution in [-0.4, -0.2) is 32.2 Å². The van der Waals surface area contributed by atoms with Crippen LogP contribution in [0.5, 0.6) is 0 Å². The Morgan fingerprint density at radius 3 is 2.89 bits per heavy atom. The number of H-pyrrole nitrogens is 1. The molecule has 0 spiro atoms. The molecule has 0 aliphatic carbocycles. The van der Waals surface area contributed by atoms with Crippen molar-refractivity contribution >= 4 is 25.0 Å². The first-order chi connectivity index (χ1) is 8.84. The fraction of sp³-hybridized carbons (Fsp3) is 0.333. The maximum atomic E-state index is 11.6. The van der Waals surface area contributed by atoms with Gasteiger partial charge < -0.3 is 25.7 Å². The zero-order chi connectivity index (χ0) is 14.2. The molecule has 0 aromatic carbocycles. The summed E-state index contributed by atoms with van der Waals surface area (Å²) in [6.07, 6.45) is 1.46. The van der Waals surface area contributed by atoms with Gasteiger partial charge in [-0.3, -0.25) is 14.3 Å². The molecule has 0 saturated heterocycles. The van der Waals surface area contributed by atoms with Gasteiger partial charge in [0.15, 0.2) is 5.82 Å². The highest BCUT2D eigenvalue weighted by Crippen LogP contribution is 2.47. The largest absolute Gasteiger partial charge is 0.369 e. The average Bonchev–Trinajstić information content (AvgIpc) is 2.68. The molecule has 1 aliphatic rings. The Kier molecular flexibility index (Phi) is 3.36. The second-order valence-electron chi connectivity index (χ2n) is 4.05. The van der Waals surface area contributed by atoms with Crippen LogP contribution in [0, 0.1) is 0 Å². The molecule has 0 saturated carbocycles. The van der Waals surface area contributed by atoms with Crippen molar-refractivity contribution in [1.29, 1.82) is 0 Å². The van der Waals surface area contributed by atoms with Crippen LogP contribution in [0.15, 0.2) is 17.4 Å². The molecule has 1 aromatic rings. The summed E-state index contributed by atoms with van der Waals surface area (Å²) in [6.45, 7) is 3.54. The van der Waals surface area contributed by atoms with Crippen molar-refractivity contribution in [3.8, 4) is 0 Å². The van der Waals surface area contributed by atoms with E-state index in [0.29, 0.717) is 0 Å². The maximum Gasteiger partial charge on any atom is 0.348 e. The number of nitrogens with two attached hydrogens (primary N) is 1. The molecule has 1 aliphatic heterocycles. The molecule has 19 heavy (non-hydrogen) atoms. The van der Waals surface area contributed by atoms with Crippen molar-refractivity contribution in [1.82, 2.24) is 9.97 Å². The fourth-order valence-electron chi connectivity index (χ4n) is 1.93. The van der Waals surface area contributed by atoms with E-state index in [4.69, 9.17) is 5.73 Å². The molecule has 10 heteroatoms. The van der Waals surface area contributed by atoms with Crippen LogP contribution < -0.4 is 21.5 Å². The molecule has 0 fully saturated rings. The van der Waals surface area contributed by atoms with E-state index in [1.165, 1.54) is 11.0 Å². The molecule has 0 bridgehead atoms. The lowest BCUT2D eigenvalue weighted by atomic mass is 10.3. The Balaban J connectivity index is 2.48. The van der Waals surface area contributed by atoms with Gasteiger partial charge in [-0.25, -0.2) is 0 Å². The monoisotopic (exact) mass is 287 g/mol. The zero-order valence-electron chi connectivity index (χ0n) is 9.91. The summed E-state index contributed by atoms with van der Waals surface area (Å²) in [5.41, 5.74) is 5.11. The van der Waals surface area contributed by atoms with Gasteiger partial charge in [0.2, 0.25) is 5.95 Å². The van der Waals surface area contributed by atoms with Crippen LogP contribution in [0.1, 0.15) is 6.42 Å². The SMILES string of the molecule is C=CCC(N1CNc2c1nc(N)[nH]c2=O)P(=O)(O)O. The summed E-state index contributed by atoms with van der Waals surface area (Å²) in [6, 6.07) is 0. The Hall–Kier alpha value is -1.83. The first kappa shape index (κ1) is 13.6. The third-order valence-corrected chi connectivity index (χ3v) is 4.01. The minimum atomic E-state index is -4.41. The van der Waals surface area contributed by atoms with Gasteiger partial charge in [0.25, 0.3) is 5.56 Å². The number of nitrogens with zero attached hydrogens (tertiary/aromatic N) is 2. The number of nitrogen functional groups attached to an aromatic ring is 1. The van der Waals surface area contributed by atoms with Crippen molar-refractivity contribution in [3.05, 3.63) is 23.0 Å². The summed E-state index contributed by atoms with van der Waals surface area (Å²) in [5, 5.41) is 2.74. The predicted molar refractivity (Wildman–Crippen MR) is 70.9 cm³/mol. The van der Waals surface area contributed by atoms with Crippen molar-refractivity contribution in [3.63, 3.8) is 0 Å². The lowest BCUT2D eigenvalue weighted by Crippen LogP contribution is -2.35. The molecule has 1 unspecified atom stereocenters. The lowest BCUT2D eigenvalue weighted by Gasteiger charge is -2.28. The van der Waals surface area contributed by atoms with Gasteiger partial charge in [-0.2, -0.15) is 4.98 Å². The van der Waals surface area contributed by atoms with Crippen molar-refractivity contribution < 1.29 is 14.4 Å². The summed E-state index contributed by atoms with van der Waals surface area (Å²) < 4.78 is 11.5. The second-order valence-corrected chi connectivity index (χ2v) is 5.82. The highest BCUT2D eigenvalue weighted by molar-refractivity contribution is 7.52. The topological polar surface area (TPSA) is 145 Å². The zero-order valence-corrected chi connectivity index (χ0v) is 10.8. The van der Waals surface area contributed by atoms with Crippen LogP contribution in [0.4, 0.5) is 17.5 Å². The minimum absolute atomic E-state index is 0.0553. The number of nitrogens with one attached hydrogen (secondary N) is 2. The normalized spacial score (nSPS) is 15.8. The quantitative estimate of drug-likeness (QED) is 0.372. The van der Waals surface area contributed by atoms with E-state index in [9.17, 15) is 19.1 Å². The number of hydrogen-bond donors (Lipinski definition) is 5. The maximum absolute atomic E-state index is 11.6. The Labute approximate surface area is 108 Å². The second kappa shape index (κ2) is 4.69. The predicted octanol–water partition coefficient (Wildman–Crippen LogP) is -0.379. The highest BCUT2D eigenvalue weighted by Gasteiger charge is 2.38. The summed E-state index contributed by atoms with van der Waals surface area (Å²) in [7, 11) is -4.41. The van der Waals surface area contributed by atoms with Gasteiger partial charge in [-0.05, 0) is 6.42 Å². The minimum Gasteiger partial charge on any atom is -0.369 e. The van der Waals surface area contributed by atoms with Gasteiger partial charge in [0, 0.05) is 0 Å². The van der Waals surface area contributed by atoms with Crippen LogP contribution >= 0.6 is 7.60 Å². The average molecular weight is 287 g/mol. The molecular formula is C9H14N5O4P. The Morgan fingerprint density at radius 2 is 2.32 bits per heavy atom. The number of aromatic nitrogens is 2. The van der Waals surface area contributed by atoms with E-state index < -0.39 is 18.9 Å². The number of anilines is 3. The first-order valence-corrected chi connectivity index (χ1v) is 7.09. The van der Waals surface area contributed by atoms with Crippen LogP contribution in [-0.2, 0) is 4.57 Å². The van der Waals surface area contributed by atoms with Crippen LogP contribution in [0.2, 0.25) is 0 Å². The number of fused-ring (bicyclic) bond motifs is 1. The molecule has 1 aromatic heterocycles. The number of aromatic amines is 1. The third-order valence-electron chi connectivity index (χ3n) is 2.74. The fourth-order valence-corrected chi connectivity index (χ4v) is 2.90. The van der Waals surface area contributed by atoms with Gasteiger partial charge in [-0.1, -0.05) is 6.08 Å². The van der Waals surface area contributed by atoms with E-state index in [1.807, 2.05) is 0 Å². The summed E-state index contributed by atoms with van der Waals surface area (Å²) in [5.74, 6) is -1.11. The van der Waals surface area contributed by atoms with E-state index >= 15 is 0 Å². The van der Waals surface area contributed by atoms with Crippen molar-refractivity contribution in [2.75, 3.05) is 22.6 Å². The van der Waals surface area contributed by atoms with Gasteiger partial charge in [0.1, 0.15) is 11.5 Å². The molecule has 0 radical (unpaired) electrons. The van der Waals surface area contributed by atoms with Crippen LogP contribution in [0.3, 0.4) is 0 Å². The molecule has 6 N–H and O–H groups in total. The molecule has 0 amide bonds. The molecule has 2 heterocycles. The van der Waals surface area contributed by atoms with Crippen molar-refractivity contribution in [2.24, 2.45) is 0 Å². The molecule has 9 nitrogen and oxygen atoms in total. The Morgan fingerprint density at radius 1 is 1.63 bits per heavy atom. The Bertz CT molecular complexity index is 609. The standard InChI is InChI=1S/C9H14N5O4P/c1-2-3-5(19(16,17)18)14-4-11-6-7(14)12-9(10)13-8(6)15/h2,5,11H,1,3-4H2,(H2,16,17,18)(H3,10,12,13,15).